The van der Waals surface area contributed by atoms with Crippen LogP contribution in [0.15, 0.2) is 24.8 Å². The molecule has 0 saturated carbocycles. The molecule has 0 fully saturated rings. The van der Waals surface area contributed by atoms with Crippen molar-refractivity contribution in [2.75, 3.05) is 7.05 Å². The molecule has 0 aliphatic rings. The molecule has 2 rings (SSSR count). The molecule has 78 valence electrons. The Balaban J connectivity index is 2.23. The molecule has 0 atom stereocenters. The van der Waals surface area contributed by atoms with E-state index in [2.05, 4.69) is 43.0 Å². The molecule has 15 heavy (non-hydrogen) atoms. The Morgan fingerprint density at radius 1 is 1.33 bits per heavy atom. The van der Waals surface area contributed by atoms with Gasteiger partial charge >= 0.3 is 0 Å². The number of hydrogen-bond donors (Lipinski definition) is 1. The molecule has 0 unspecified atom stereocenters. The number of nitrogens with one attached hydrogen (secondary N) is 1. The van der Waals surface area contributed by atoms with Gasteiger partial charge < -0.3 is 5.32 Å². The van der Waals surface area contributed by atoms with Crippen LogP contribution in [0.2, 0.25) is 0 Å². The average molecular weight is 315 g/mol. The van der Waals surface area contributed by atoms with Crippen LogP contribution in [0.4, 0.5) is 0 Å². The lowest BCUT2D eigenvalue weighted by atomic mass is 10.4. The van der Waals surface area contributed by atoms with Crippen LogP contribution in [0, 0.1) is 3.57 Å². The SMILES string of the molecule is CNCc1cnc(-n2cc(I)cn2)cn1. The molecule has 0 aliphatic carbocycles. The summed E-state index contributed by atoms with van der Waals surface area (Å²) >= 11 is 2.21. The van der Waals surface area contributed by atoms with Crippen molar-refractivity contribution >= 4 is 22.6 Å². The van der Waals surface area contributed by atoms with Crippen LogP contribution < -0.4 is 5.32 Å². The highest BCUT2D eigenvalue weighted by Crippen LogP contribution is 2.06. The summed E-state index contributed by atoms with van der Waals surface area (Å²) < 4.78 is 2.78. The fourth-order valence-electron chi connectivity index (χ4n) is 1.16. The highest BCUT2D eigenvalue weighted by atomic mass is 127. The summed E-state index contributed by atoms with van der Waals surface area (Å²) in [6.07, 6.45) is 7.15. The van der Waals surface area contributed by atoms with Gasteiger partial charge in [0.25, 0.3) is 0 Å². The van der Waals surface area contributed by atoms with Crippen LogP contribution in [0.3, 0.4) is 0 Å². The molecular weight excluding hydrogens is 305 g/mol. The zero-order chi connectivity index (χ0) is 10.7. The van der Waals surface area contributed by atoms with Gasteiger partial charge in [-0.3, -0.25) is 4.98 Å². The first-order chi connectivity index (χ1) is 7.29. The Bertz CT molecular complexity index is 436. The monoisotopic (exact) mass is 315 g/mol. The van der Waals surface area contributed by atoms with E-state index in [0.717, 1.165) is 21.6 Å². The molecule has 0 spiro atoms. The van der Waals surface area contributed by atoms with Crippen molar-refractivity contribution in [1.82, 2.24) is 25.1 Å². The lowest BCUT2D eigenvalue weighted by Gasteiger charge is -2.01. The molecule has 0 aromatic carbocycles. The summed E-state index contributed by atoms with van der Waals surface area (Å²) in [5.74, 6) is 0.734. The van der Waals surface area contributed by atoms with Gasteiger partial charge in [-0.25, -0.2) is 9.67 Å². The van der Waals surface area contributed by atoms with Crippen molar-refractivity contribution in [2.45, 2.75) is 6.54 Å². The number of halogens is 1. The third-order valence-electron chi connectivity index (χ3n) is 1.84. The van der Waals surface area contributed by atoms with Crippen LogP contribution in [-0.4, -0.2) is 26.8 Å². The number of hydrogen-bond acceptors (Lipinski definition) is 4. The van der Waals surface area contributed by atoms with Crippen molar-refractivity contribution in [2.24, 2.45) is 0 Å². The number of nitrogens with zero attached hydrogens (tertiary/aromatic N) is 4. The highest BCUT2D eigenvalue weighted by molar-refractivity contribution is 14.1. The van der Waals surface area contributed by atoms with Crippen LogP contribution in [0.25, 0.3) is 5.82 Å². The third-order valence-corrected chi connectivity index (χ3v) is 2.39. The summed E-state index contributed by atoms with van der Waals surface area (Å²) in [4.78, 5) is 8.54. The predicted octanol–water partition coefficient (Wildman–Crippen LogP) is 0.986. The maximum Gasteiger partial charge on any atom is 0.171 e. The first-order valence-electron chi connectivity index (χ1n) is 4.45. The molecule has 5 nitrogen and oxygen atoms in total. The number of aromatic nitrogens is 4. The maximum atomic E-state index is 4.28. The fourth-order valence-corrected chi connectivity index (χ4v) is 1.55. The third kappa shape index (κ3) is 2.51. The van der Waals surface area contributed by atoms with Crippen molar-refractivity contribution in [3.05, 3.63) is 34.1 Å². The van der Waals surface area contributed by atoms with Crippen molar-refractivity contribution < 1.29 is 0 Å². The lowest BCUT2D eigenvalue weighted by molar-refractivity contribution is 0.770. The van der Waals surface area contributed by atoms with Gasteiger partial charge in [0.2, 0.25) is 0 Å². The minimum absolute atomic E-state index is 0.726. The van der Waals surface area contributed by atoms with E-state index in [1.807, 2.05) is 13.2 Å². The second kappa shape index (κ2) is 4.67. The normalized spacial score (nSPS) is 10.5. The Morgan fingerprint density at radius 2 is 2.20 bits per heavy atom. The maximum absolute atomic E-state index is 4.28. The van der Waals surface area contributed by atoms with Gasteiger partial charge in [0.1, 0.15) is 0 Å². The van der Waals surface area contributed by atoms with E-state index in [0.29, 0.717) is 0 Å². The molecule has 0 amide bonds. The van der Waals surface area contributed by atoms with E-state index in [9.17, 15) is 0 Å². The summed E-state index contributed by atoms with van der Waals surface area (Å²) in [5, 5.41) is 7.17. The van der Waals surface area contributed by atoms with Crippen molar-refractivity contribution in [3.8, 4) is 5.82 Å². The second-order valence-corrected chi connectivity index (χ2v) is 4.25. The van der Waals surface area contributed by atoms with Gasteiger partial charge in [-0.1, -0.05) is 0 Å². The van der Waals surface area contributed by atoms with E-state index < -0.39 is 0 Å². The Hall–Kier alpha value is -1.02. The molecule has 0 saturated heterocycles. The summed E-state index contributed by atoms with van der Waals surface area (Å²) in [5.41, 5.74) is 0.920. The molecular formula is C9H10IN5. The van der Waals surface area contributed by atoms with E-state index in [1.165, 1.54) is 0 Å². The number of rotatable bonds is 3. The first kappa shape index (κ1) is 10.5. The quantitative estimate of drug-likeness (QED) is 0.858. The minimum atomic E-state index is 0.726. The van der Waals surface area contributed by atoms with Gasteiger partial charge in [0.05, 0.1) is 27.9 Å². The van der Waals surface area contributed by atoms with E-state index >= 15 is 0 Å². The Labute approximate surface area is 101 Å². The Kier molecular flexibility index (Phi) is 3.27. The van der Waals surface area contributed by atoms with E-state index in [4.69, 9.17) is 0 Å². The van der Waals surface area contributed by atoms with Crippen LogP contribution in [0.5, 0.6) is 0 Å². The van der Waals surface area contributed by atoms with Crippen LogP contribution in [-0.2, 0) is 6.54 Å². The zero-order valence-electron chi connectivity index (χ0n) is 8.18. The van der Waals surface area contributed by atoms with Gasteiger partial charge in [0.15, 0.2) is 5.82 Å². The van der Waals surface area contributed by atoms with Gasteiger partial charge in [-0.15, -0.1) is 0 Å². The van der Waals surface area contributed by atoms with E-state index in [1.54, 1.807) is 23.3 Å². The molecule has 2 aromatic heterocycles. The van der Waals surface area contributed by atoms with Crippen molar-refractivity contribution in [1.29, 1.82) is 0 Å². The largest absolute Gasteiger partial charge is 0.314 e. The van der Waals surface area contributed by atoms with Crippen LogP contribution >= 0.6 is 22.6 Å². The molecule has 2 heterocycles. The molecule has 0 bridgehead atoms. The van der Waals surface area contributed by atoms with Gasteiger partial charge in [-0.05, 0) is 29.6 Å². The first-order valence-corrected chi connectivity index (χ1v) is 5.53. The minimum Gasteiger partial charge on any atom is -0.314 e. The smallest absolute Gasteiger partial charge is 0.171 e. The zero-order valence-corrected chi connectivity index (χ0v) is 10.3. The molecule has 2 aromatic rings. The summed E-state index contributed by atoms with van der Waals surface area (Å²) in [6.45, 7) is 0.726. The average Bonchev–Trinajstić information content (AvgIpc) is 2.67. The van der Waals surface area contributed by atoms with Crippen molar-refractivity contribution in [3.63, 3.8) is 0 Å². The fraction of sp³-hybridized carbons (Fsp3) is 0.222. The van der Waals surface area contributed by atoms with Gasteiger partial charge in [0, 0.05) is 12.7 Å². The Morgan fingerprint density at radius 3 is 2.73 bits per heavy atom. The lowest BCUT2D eigenvalue weighted by Crippen LogP contribution is -2.08. The van der Waals surface area contributed by atoms with Gasteiger partial charge in [-0.2, -0.15) is 5.10 Å². The molecule has 0 radical (unpaired) electrons. The topological polar surface area (TPSA) is 55.6 Å². The second-order valence-electron chi connectivity index (χ2n) is 3.00. The van der Waals surface area contributed by atoms with Crippen LogP contribution in [0.1, 0.15) is 5.69 Å². The highest BCUT2D eigenvalue weighted by Gasteiger charge is 2.00. The molecule has 1 N–H and O–H groups in total. The molecule has 0 aliphatic heterocycles. The standard InChI is InChI=1S/C9H10IN5/c1-11-3-8-4-13-9(5-12-8)15-6-7(10)2-14-15/h2,4-6,11H,3H2,1H3. The summed E-state index contributed by atoms with van der Waals surface area (Å²) in [6, 6.07) is 0. The predicted molar refractivity (Wildman–Crippen MR) is 64.6 cm³/mol. The summed E-state index contributed by atoms with van der Waals surface area (Å²) in [7, 11) is 1.88. The molecule has 6 heteroatoms. The van der Waals surface area contributed by atoms with E-state index in [-0.39, 0.29) is 0 Å².